The highest BCUT2D eigenvalue weighted by Crippen LogP contribution is 2.27. The molecule has 7 nitrogen and oxygen atoms in total. The van der Waals surface area contributed by atoms with Crippen molar-refractivity contribution in [3.8, 4) is 5.75 Å². The van der Waals surface area contributed by atoms with E-state index in [1.165, 1.54) is 4.90 Å². The number of carbonyl (C=O) groups excluding carboxylic acids is 2. The van der Waals surface area contributed by atoms with Gasteiger partial charge in [-0.15, -0.1) is 0 Å². The average Bonchev–Trinajstić information content (AvgIpc) is 2.88. The zero-order valence-corrected chi connectivity index (χ0v) is 20.2. The molecule has 0 bridgehead atoms. The lowest BCUT2D eigenvalue weighted by Gasteiger charge is -2.22. The van der Waals surface area contributed by atoms with Gasteiger partial charge in [0.1, 0.15) is 12.3 Å². The summed E-state index contributed by atoms with van der Waals surface area (Å²) in [5, 5.41) is 4.27. The number of benzene rings is 3. The number of fused-ring (bicyclic) bond motifs is 2. The van der Waals surface area contributed by atoms with Crippen molar-refractivity contribution in [3.63, 3.8) is 0 Å². The lowest BCUT2D eigenvalue weighted by Crippen LogP contribution is -2.32. The molecule has 3 aromatic carbocycles. The number of likely N-dealkylation sites (N-methyl/N-ethyl adjacent to an activating group) is 1. The third-order valence-corrected chi connectivity index (χ3v) is 6.07. The van der Waals surface area contributed by atoms with Gasteiger partial charge in [-0.05, 0) is 36.8 Å². The summed E-state index contributed by atoms with van der Waals surface area (Å²) in [6, 6.07) is 21.8. The molecule has 2 amide bonds. The number of pyridine rings is 1. The molecule has 0 saturated carbocycles. The minimum Gasteiger partial charge on any atom is -0.483 e. The second-order valence-corrected chi connectivity index (χ2v) is 8.59. The summed E-state index contributed by atoms with van der Waals surface area (Å²) in [4.78, 5) is 39.7. The molecule has 0 spiro atoms. The maximum Gasteiger partial charge on any atom is 0.259 e. The maximum absolute atomic E-state index is 13.3. The standard InChI is InChI=1S/C28H29N3O4/c1-4-22(19-11-7-10-16-25(19)35-18-27(33)30(2)3)29-26(32)17-31-23-14-8-5-12-20(23)28(34)21-13-6-9-15-24(21)31/h5-16,22H,4,17-18H2,1-3H3,(H,29,32). The Bertz CT molecular complexity index is 1380. The van der Waals surface area contributed by atoms with Crippen LogP contribution >= 0.6 is 0 Å². The van der Waals surface area contributed by atoms with Crippen molar-refractivity contribution in [2.75, 3.05) is 20.7 Å². The number of hydrogen-bond acceptors (Lipinski definition) is 4. The number of para-hydroxylation sites is 3. The van der Waals surface area contributed by atoms with Crippen molar-refractivity contribution in [2.45, 2.75) is 25.9 Å². The van der Waals surface area contributed by atoms with Crippen molar-refractivity contribution >= 4 is 33.6 Å². The van der Waals surface area contributed by atoms with Crippen LogP contribution in [-0.2, 0) is 16.1 Å². The summed E-state index contributed by atoms with van der Waals surface area (Å²) in [6.07, 6.45) is 0.638. The Morgan fingerprint density at radius 2 is 1.49 bits per heavy atom. The van der Waals surface area contributed by atoms with Gasteiger partial charge < -0.3 is 19.5 Å². The van der Waals surface area contributed by atoms with E-state index in [9.17, 15) is 14.4 Å². The van der Waals surface area contributed by atoms with Gasteiger partial charge >= 0.3 is 0 Å². The molecule has 4 rings (SSSR count). The van der Waals surface area contributed by atoms with Gasteiger partial charge in [0.05, 0.1) is 17.1 Å². The summed E-state index contributed by atoms with van der Waals surface area (Å²) in [6.45, 7) is 1.96. The van der Waals surface area contributed by atoms with Crippen LogP contribution < -0.4 is 15.5 Å². The Balaban J connectivity index is 1.62. The van der Waals surface area contributed by atoms with E-state index in [1.807, 2.05) is 66.1 Å². The lowest BCUT2D eigenvalue weighted by molar-refractivity contribution is -0.130. The minimum absolute atomic E-state index is 0.0439. The van der Waals surface area contributed by atoms with E-state index in [2.05, 4.69) is 5.32 Å². The maximum atomic E-state index is 13.3. The number of nitrogens with zero attached hydrogens (tertiary/aromatic N) is 2. The van der Waals surface area contributed by atoms with E-state index in [1.54, 1.807) is 32.3 Å². The van der Waals surface area contributed by atoms with E-state index in [-0.39, 0.29) is 36.4 Å². The van der Waals surface area contributed by atoms with Crippen molar-refractivity contribution < 1.29 is 14.3 Å². The Kier molecular flexibility index (Phi) is 7.15. The SMILES string of the molecule is CCC(NC(=O)Cn1c2ccccc2c(=O)c2ccccc21)c1ccccc1OCC(=O)N(C)C. The van der Waals surface area contributed by atoms with E-state index in [0.717, 1.165) is 5.56 Å². The molecule has 7 heteroatoms. The Morgan fingerprint density at radius 1 is 0.914 bits per heavy atom. The Hall–Kier alpha value is -4.13. The van der Waals surface area contributed by atoms with Crippen LogP contribution in [0.3, 0.4) is 0 Å². The van der Waals surface area contributed by atoms with Crippen molar-refractivity contribution in [1.29, 1.82) is 0 Å². The molecule has 0 aliphatic heterocycles. The molecule has 1 unspecified atom stereocenters. The van der Waals surface area contributed by atoms with Gasteiger partial charge in [0.25, 0.3) is 5.91 Å². The zero-order chi connectivity index (χ0) is 24.9. The molecule has 1 aromatic heterocycles. The van der Waals surface area contributed by atoms with Gasteiger partial charge in [-0.1, -0.05) is 49.4 Å². The molecule has 4 aromatic rings. The monoisotopic (exact) mass is 471 g/mol. The van der Waals surface area contributed by atoms with Crippen molar-refractivity contribution in [3.05, 3.63) is 88.6 Å². The number of ether oxygens (including phenoxy) is 1. The molecule has 0 saturated heterocycles. The highest BCUT2D eigenvalue weighted by atomic mass is 16.5. The molecule has 180 valence electrons. The fourth-order valence-corrected chi connectivity index (χ4v) is 4.20. The molecule has 35 heavy (non-hydrogen) atoms. The fourth-order valence-electron chi connectivity index (χ4n) is 4.20. The van der Waals surface area contributed by atoms with Crippen molar-refractivity contribution in [2.24, 2.45) is 0 Å². The third kappa shape index (κ3) is 5.04. The Labute approximate surface area is 203 Å². The fraction of sp³-hybridized carbons (Fsp3) is 0.250. The van der Waals surface area contributed by atoms with Gasteiger partial charge in [-0.25, -0.2) is 0 Å². The number of carbonyl (C=O) groups is 2. The van der Waals surface area contributed by atoms with Crippen LogP contribution in [-0.4, -0.2) is 42.0 Å². The van der Waals surface area contributed by atoms with Crippen LogP contribution in [0.15, 0.2) is 77.6 Å². The van der Waals surface area contributed by atoms with Crippen LogP contribution in [0, 0.1) is 0 Å². The smallest absolute Gasteiger partial charge is 0.259 e. The van der Waals surface area contributed by atoms with E-state index in [4.69, 9.17) is 4.74 Å². The predicted molar refractivity (Wildman–Crippen MR) is 138 cm³/mol. The number of nitrogens with one attached hydrogen (secondary N) is 1. The highest BCUT2D eigenvalue weighted by molar-refractivity contribution is 5.94. The van der Waals surface area contributed by atoms with Crippen LogP contribution in [0.2, 0.25) is 0 Å². The summed E-state index contributed by atoms with van der Waals surface area (Å²) >= 11 is 0. The van der Waals surface area contributed by atoms with Crippen LogP contribution in [0.25, 0.3) is 21.8 Å². The van der Waals surface area contributed by atoms with E-state index < -0.39 is 0 Å². The van der Waals surface area contributed by atoms with E-state index >= 15 is 0 Å². The second kappa shape index (κ2) is 10.4. The Morgan fingerprint density at radius 3 is 2.09 bits per heavy atom. The molecule has 1 heterocycles. The van der Waals surface area contributed by atoms with Gasteiger partial charge in [0.15, 0.2) is 12.0 Å². The molecular formula is C28H29N3O4. The quantitative estimate of drug-likeness (QED) is 0.396. The van der Waals surface area contributed by atoms with Crippen LogP contribution in [0.4, 0.5) is 0 Å². The molecule has 1 N–H and O–H groups in total. The number of amides is 2. The summed E-state index contributed by atoms with van der Waals surface area (Å²) in [7, 11) is 3.36. The largest absolute Gasteiger partial charge is 0.483 e. The summed E-state index contributed by atoms with van der Waals surface area (Å²) < 4.78 is 7.67. The normalized spacial score (nSPS) is 11.9. The summed E-state index contributed by atoms with van der Waals surface area (Å²) in [5.41, 5.74) is 2.19. The first kappa shape index (κ1) is 24.0. The third-order valence-electron chi connectivity index (χ3n) is 6.07. The number of hydrogen-bond donors (Lipinski definition) is 1. The first-order valence-electron chi connectivity index (χ1n) is 11.6. The van der Waals surface area contributed by atoms with Gasteiger partial charge in [-0.3, -0.25) is 14.4 Å². The minimum atomic E-state index is -0.301. The molecule has 0 radical (unpaired) electrons. The first-order chi connectivity index (χ1) is 16.9. The van der Waals surface area contributed by atoms with Gasteiger partial charge in [-0.2, -0.15) is 0 Å². The molecule has 0 aliphatic carbocycles. The summed E-state index contributed by atoms with van der Waals surface area (Å²) in [5.74, 6) is 0.234. The van der Waals surface area contributed by atoms with Crippen LogP contribution in [0.5, 0.6) is 5.75 Å². The highest BCUT2D eigenvalue weighted by Gasteiger charge is 2.19. The molecular weight excluding hydrogens is 442 g/mol. The average molecular weight is 472 g/mol. The predicted octanol–water partition coefficient (Wildman–Crippen LogP) is 3.89. The van der Waals surface area contributed by atoms with E-state index in [0.29, 0.717) is 34.0 Å². The van der Waals surface area contributed by atoms with Crippen molar-refractivity contribution in [1.82, 2.24) is 14.8 Å². The lowest BCUT2D eigenvalue weighted by atomic mass is 10.0. The topological polar surface area (TPSA) is 80.6 Å². The zero-order valence-electron chi connectivity index (χ0n) is 20.2. The second-order valence-electron chi connectivity index (χ2n) is 8.59. The molecule has 1 atom stereocenters. The van der Waals surface area contributed by atoms with Gasteiger partial charge in [0, 0.05) is 30.4 Å². The molecule has 0 aliphatic rings. The number of rotatable bonds is 8. The first-order valence-corrected chi connectivity index (χ1v) is 11.6. The number of aromatic nitrogens is 1. The van der Waals surface area contributed by atoms with Gasteiger partial charge in [0.2, 0.25) is 5.91 Å². The van der Waals surface area contributed by atoms with Crippen LogP contribution in [0.1, 0.15) is 24.9 Å². The molecule has 0 fully saturated rings.